The first kappa shape index (κ1) is 15.1. The lowest BCUT2D eigenvalue weighted by molar-refractivity contribution is -0.180. The molecule has 4 aliphatic carbocycles. The molecule has 0 radical (unpaired) electrons. The predicted molar refractivity (Wildman–Crippen MR) is 83.2 cm³/mol. The normalized spacial score (nSPS) is 50.7. The summed E-state index contributed by atoms with van der Waals surface area (Å²) < 4.78 is 5.07. The second-order valence-electron chi connectivity index (χ2n) is 8.02. The molecule has 0 aromatic carbocycles. The lowest BCUT2D eigenvalue weighted by Crippen LogP contribution is -2.64. The Balaban J connectivity index is 1.91. The van der Waals surface area contributed by atoms with E-state index >= 15 is 0 Å². The number of carbonyl (C=O) groups is 3. The molecule has 2 unspecified atom stereocenters. The zero-order valence-electron chi connectivity index (χ0n) is 14.0. The summed E-state index contributed by atoms with van der Waals surface area (Å²) in [6.07, 6.45) is 6.98. The van der Waals surface area contributed by atoms with E-state index in [9.17, 15) is 14.4 Å². The van der Waals surface area contributed by atoms with Gasteiger partial charge in [0.05, 0.1) is 7.11 Å². The summed E-state index contributed by atoms with van der Waals surface area (Å²) >= 11 is 0. The highest BCUT2D eigenvalue weighted by atomic mass is 16.5. The summed E-state index contributed by atoms with van der Waals surface area (Å²) in [6, 6.07) is 0. The molecule has 0 aliphatic heterocycles. The molecule has 0 amide bonds. The Morgan fingerprint density at radius 1 is 1.13 bits per heavy atom. The summed E-state index contributed by atoms with van der Waals surface area (Å²) in [5.41, 5.74) is -1.30. The molecule has 2 bridgehead atoms. The number of carbonyl (C=O) groups excluding carboxylic acids is 3. The molecular weight excluding hydrogens is 292 g/mol. The summed E-state index contributed by atoms with van der Waals surface area (Å²) in [5.74, 6) is -1.06. The Hall–Kier alpha value is -1.45. The molecule has 8 atom stereocenters. The lowest BCUT2D eigenvalue weighted by Gasteiger charge is -2.52. The maximum Gasteiger partial charge on any atom is 0.320 e. The van der Waals surface area contributed by atoms with Crippen molar-refractivity contribution < 1.29 is 19.1 Å². The molecular formula is C19H24O4. The molecule has 3 saturated carbocycles. The van der Waals surface area contributed by atoms with Crippen molar-refractivity contribution in [2.45, 2.75) is 33.1 Å². The van der Waals surface area contributed by atoms with Crippen LogP contribution in [0.5, 0.6) is 0 Å². The van der Waals surface area contributed by atoms with Crippen molar-refractivity contribution in [2.24, 2.45) is 46.8 Å². The van der Waals surface area contributed by atoms with Gasteiger partial charge in [-0.15, -0.1) is 0 Å². The molecule has 0 aromatic heterocycles. The summed E-state index contributed by atoms with van der Waals surface area (Å²) in [7, 11) is 1.33. The molecule has 0 spiro atoms. The van der Waals surface area contributed by atoms with Crippen LogP contribution >= 0.6 is 0 Å². The van der Waals surface area contributed by atoms with Crippen LogP contribution in [-0.4, -0.2) is 24.6 Å². The number of hydrogen-bond donors (Lipinski definition) is 0. The first-order valence-electron chi connectivity index (χ1n) is 8.79. The Kier molecular flexibility index (Phi) is 3.14. The third-order valence-electron chi connectivity index (χ3n) is 7.22. The van der Waals surface area contributed by atoms with Crippen molar-refractivity contribution in [3.8, 4) is 0 Å². The van der Waals surface area contributed by atoms with Crippen LogP contribution in [0.15, 0.2) is 12.2 Å². The number of allylic oxidation sites excluding steroid dienone is 2. The minimum atomic E-state index is -1.30. The molecule has 23 heavy (non-hydrogen) atoms. The van der Waals surface area contributed by atoms with Gasteiger partial charge in [0.2, 0.25) is 0 Å². The largest absolute Gasteiger partial charge is 0.468 e. The third kappa shape index (κ3) is 1.60. The minimum Gasteiger partial charge on any atom is -0.468 e. The summed E-state index contributed by atoms with van der Waals surface area (Å²) in [5, 5.41) is 0. The second-order valence-corrected chi connectivity index (χ2v) is 8.02. The van der Waals surface area contributed by atoms with Gasteiger partial charge in [0.25, 0.3) is 0 Å². The maximum absolute atomic E-state index is 13.6. The number of methoxy groups -OCH3 is 1. The molecule has 0 aromatic rings. The highest BCUT2D eigenvalue weighted by molar-refractivity contribution is 6.14. The molecule has 4 aliphatic rings. The third-order valence-corrected chi connectivity index (χ3v) is 7.22. The van der Waals surface area contributed by atoms with Crippen LogP contribution < -0.4 is 0 Å². The Morgan fingerprint density at radius 2 is 1.78 bits per heavy atom. The fraction of sp³-hybridized carbons (Fsp3) is 0.737. The monoisotopic (exact) mass is 316 g/mol. The van der Waals surface area contributed by atoms with Crippen LogP contribution in [0.3, 0.4) is 0 Å². The van der Waals surface area contributed by atoms with Gasteiger partial charge in [-0.3, -0.25) is 14.4 Å². The first-order chi connectivity index (χ1) is 10.9. The molecule has 0 heterocycles. The predicted octanol–water partition coefficient (Wildman–Crippen LogP) is 2.42. The summed E-state index contributed by atoms with van der Waals surface area (Å²) in [4.78, 5) is 39.7. The lowest BCUT2D eigenvalue weighted by atomic mass is 9.47. The van der Waals surface area contributed by atoms with Crippen LogP contribution in [0.25, 0.3) is 0 Å². The molecule has 0 saturated heterocycles. The average Bonchev–Trinajstić information content (AvgIpc) is 3.15. The molecule has 124 valence electrons. The molecule has 3 fully saturated rings. The van der Waals surface area contributed by atoms with Gasteiger partial charge in [-0.1, -0.05) is 26.0 Å². The van der Waals surface area contributed by atoms with Crippen molar-refractivity contribution in [1.29, 1.82) is 0 Å². The highest BCUT2D eigenvalue weighted by Gasteiger charge is 2.71. The number of rotatable bonds is 1. The number of ketones is 2. The van der Waals surface area contributed by atoms with Crippen LogP contribution in [0.1, 0.15) is 33.1 Å². The van der Waals surface area contributed by atoms with E-state index in [0.717, 1.165) is 19.3 Å². The zero-order valence-corrected chi connectivity index (χ0v) is 14.0. The standard InChI is InChI=1S/C19H24O4/c1-9-4-5-10(2)19(18(22)23-3)15(9)16(20)13-11-6-7-12(8-11)14(13)17(19)21/h4-5,9-15H,6-8H2,1-3H3/t9-,10+,11+,12-,13?,14?,15-,19-/m0/s1. The zero-order chi connectivity index (χ0) is 16.5. The fourth-order valence-corrected chi connectivity index (χ4v) is 6.31. The molecule has 4 nitrogen and oxygen atoms in total. The molecule has 4 rings (SSSR count). The van der Waals surface area contributed by atoms with E-state index in [0.29, 0.717) is 5.92 Å². The maximum atomic E-state index is 13.6. The van der Waals surface area contributed by atoms with Gasteiger partial charge in [-0.25, -0.2) is 0 Å². The van der Waals surface area contributed by atoms with Crippen LogP contribution in [-0.2, 0) is 19.1 Å². The van der Waals surface area contributed by atoms with Gasteiger partial charge >= 0.3 is 5.97 Å². The number of esters is 1. The van der Waals surface area contributed by atoms with Crippen LogP contribution in [0, 0.1) is 46.8 Å². The average molecular weight is 316 g/mol. The van der Waals surface area contributed by atoms with E-state index in [1.165, 1.54) is 7.11 Å². The van der Waals surface area contributed by atoms with Crippen molar-refractivity contribution >= 4 is 17.5 Å². The minimum absolute atomic E-state index is 0.00477. The van der Waals surface area contributed by atoms with Gasteiger partial charge in [0, 0.05) is 17.8 Å². The van der Waals surface area contributed by atoms with Crippen LogP contribution in [0.2, 0.25) is 0 Å². The topological polar surface area (TPSA) is 60.4 Å². The number of ether oxygens (including phenoxy) is 1. The van der Waals surface area contributed by atoms with E-state index in [-0.39, 0.29) is 41.2 Å². The van der Waals surface area contributed by atoms with Gasteiger partial charge in [-0.2, -0.15) is 0 Å². The van der Waals surface area contributed by atoms with E-state index in [1.54, 1.807) is 0 Å². The van der Waals surface area contributed by atoms with Gasteiger partial charge in [0.15, 0.2) is 5.78 Å². The van der Waals surface area contributed by atoms with Crippen molar-refractivity contribution in [3.05, 3.63) is 12.2 Å². The Bertz CT molecular complexity index is 621. The van der Waals surface area contributed by atoms with Crippen molar-refractivity contribution in [3.63, 3.8) is 0 Å². The first-order valence-corrected chi connectivity index (χ1v) is 8.79. The van der Waals surface area contributed by atoms with Crippen LogP contribution in [0.4, 0.5) is 0 Å². The second kappa shape index (κ2) is 4.78. The molecule has 0 N–H and O–H groups in total. The Morgan fingerprint density at radius 3 is 2.43 bits per heavy atom. The fourth-order valence-electron chi connectivity index (χ4n) is 6.31. The summed E-state index contributed by atoms with van der Waals surface area (Å²) in [6.45, 7) is 3.83. The van der Waals surface area contributed by atoms with E-state index < -0.39 is 17.3 Å². The van der Waals surface area contributed by atoms with Gasteiger partial charge in [0.1, 0.15) is 11.2 Å². The smallest absolute Gasteiger partial charge is 0.320 e. The SMILES string of the molecule is COC(=O)[C@]12C(=O)C3C(C(=O)[C@@H]1[C@@H](C)C=C[C@H]2C)[C@@H]1CC[C@H]3C1. The highest BCUT2D eigenvalue weighted by Crippen LogP contribution is 2.63. The quantitative estimate of drug-likeness (QED) is 0.423. The molecule has 4 heteroatoms. The number of fused-ring (bicyclic) bond motifs is 6. The number of hydrogen-bond acceptors (Lipinski definition) is 4. The van der Waals surface area contributed by atoms with Crippen molar-refractivity contribution in [2.75, 3.05) is 7.11 Å². The van der Waals surface area contributed by atoms with E-state index in [4.69, 9.17) is 4.74 Å². The van der Waals surface area contributed by atoms with E-state index in [1.807, 2.05) is 26.0 Å². The van der Waals surface area contributed by atoms with Gasteiger partial charge in [-0.05, 0) is 42.9 Å². The van der Waals surface area contributed by atoms with E-state index in [2.05, 4.69) is 0 Å². The Labute approximate surface area is 136 Å². The van der Waals surface area contributed by atoms with Gasteiger partial charge < -0.3 is 4.74 Å². The number of Topliss-reactive ketones (excluding diaryl/α,β-unsaturated/α-hetero) is 2. The van der Waals surface area contributed by atoms with Crippen molar-refractivity contribution in [1.82, 2.24) is 0 Å².